The summed E-state index contributed by atoms with van der Waals surface area (Å²) in [7, 11) is 0. The third-order valence-corrected chi connectivity index (χ3v) is 3.11. The minimum atomic E-state index is 0.471. The van der Waals surface area contributed by atoms with Crippen LogP contribution in [0.1, 0.15) is 44.8 Å². The van der Waals surface area contributed by atoms with E-state index in [1.54, 1.807) is 0 Å². The Morgan fingerprint density at radius 2 is 2.40 bits per heavy atom. The summed E-state index contributed by atoms with van der Waals surface area (Å²) in [6.07, 6.45) is 7.05. The summed E-state index contributed by atoms with van der Waals surface area (Å²) in [5.41, 5.74) is 1.37. The third kappa shape index (κ3) is 2.59. The van der Waals surface area contributed by atoms with Gasteiger partial charge in [-0.15, -0.1) is 0 Å². The highest BCUT2D eigenvalue weighted by atomic mass is 15.3. The average Bonchev–Trinajstić information content (AvgIpc) is 2.67. The summed E-state index contributed by atoms with van der Waals surface area (Å²) >= 11 is 0. The molecule has 1 saturated heterocycles. The van der Waals surface area contributed by atoms with E-state index in [1.165, 1.54) is 31.5 Å². The zero-order valence-electron chi connectivity index (χ0n) is 9.74. The second-order valence-electron chi connectivity index (χ2n) is 4.71. The molecule has 0 aliphatic carbocycles. The van der Waals surface area contributed by atoms with E-state index in [9.17, 15) is 0 Å². The molecule has 0 aromatic carbocycles. The van der Waals surface area contributed by atoms with Crippen molar-refractivity contribution in [2.45, 2.75) is 51.6 Å². The highest BCUT2D eigenvalue weighted by Gasteiger charge is 2.15. The van der Waals surface area contributed by atoms with Crippen LogP contribution in [0.25, 0.3) is 0 Å². The predicted molar refractivity (Wildman–Crippen MR) is 62.0 cm³/mol. The first-order chi connectivity index (χ1) is 7.27. The quantitative estimate of drug-likeness (QED) is 0.823. The van der Waals surface area contributed by atoms with Crippen molar-refractivity contribution >= 4 is 0 Å². The van der Waals surface area contributed by atoms with Gasteiger partial charge in [0.2, 0.25) is 0 Å². The van der Waals surface area contributed by atoms with Crippen LogP contribution in [0.15, 0.2) is 12.3 Å². The van der Waals surface area contributed by atoms with Crippen molar-refractivity contribution in [3.63, 3.8) is 0 Å². The van der Waals surface area contributed by atoms with Crippen molar-refractivity contribution < 1.29 is 0 Å². The molecule has 0 radical (unpaired) electrons. The first-order valence-electron chi connectivity index (χ1n) is 6.03. The van der Waals surface area contributed by atoms with E-state index in [-0.39, 0.29) is 0 Å². The van der Waals surface area contributed by atoms with Crippen LogP contribution in [-0.4, -0.2) is 22.4 Å². The summed E-state index contributed by atoms with van der Waals surface area (Å²) in [5, 5.41) is 7.95. The predicted octanol–water partition coefficient (Wildman–Crippen LogP) is 2.15. The number of nitrogens with zero attached hydrogens (tertiary/aromatic N) is 2. The van der Waals surface area contributed by atoms with Crippen molar-refractivity contribution in [3.8, 4) is 0 Å². The van der Waals surface area contributed by atoms with Gasteiger partial charge in [0.15, 0.2) is 0 Å². The molecule has 1 aliphatic rings. The lowest BCUT2D eigenvalue weighted by Crippen LogP contribution is -2.36. The second-order valence-corrected chi connectivity index (χ2v) is 4.71. The fourth-order valence-electron chi connectivity index (χ4n) is 2.32. The Morgan fingerprint density at radius 3 is 3.07 bits per heavy atom. The minimum absolute atomic E-state index is 0.471. The molecule has 1 unspecified atom stereocenters. The molecule has 84 valence electrons. The SMILES string of the molecule is CC(C)n1nccc1CC1CCCCN1. The molecule has 1 aromatic heterocycles. The lowest BCUT2D eigenvalue weighted by atomic mass is 10.0. The van der Waals surface area contributed by atoms with Gasteiger partial charge < -0.3 is 5.32 Å². The van der Waals surface area contributed by atoms with Gasteiger partial charge in [0.1, 0.15) is 0 Å². The topological polar surface area (TPSA) is 29.9 Å². The molecule has 2 rings (SSSR count). The van der Waals surface area contributed by atoms with Crippen LogP contribution in [0.3, 0.4) is 0 Å². The molecule has 0 amide bonds. The summed E-state index contributed by atoms with van der Waals surface area (Å²) in [4.78, 5) is 0. The molecule has 1 fully saturated rings. The Kier molecular flexibility index (Phi) is 3.41. The fraction of sp³-hybridized carbons (Fsp3) is 0.750. The van der Waals surface area contributed by atoms with Crippen LogP contribution in [0.2, 0.25) is 0 Å². The molecule has 1 aliphatic heterocycles. The summed E-state index contributed by atoms with van der Waals surface area (Å²) in [6.45, 7) is 5.55. The Labute approximate surface area is 91.9 Å². The van der Waals surface area contributed by atoms with Crippen molar-refractivity contribution in [3.05, 3.63) is 18.0 Å². The molecule has 1 atom stereocenters. The minimum Gasteiger partial charge on any atom is -0.314 e. The first-order valence-corrected chi connectivity index (χ1v) is 6.03. The van der Waals surface area contributed by atoms with E-state index in [4.69, 9.17) is 0 Å². The third-order valence-electron chi connectivity index (χ3n) is 3.11. The number of nitrogens with one attached hydrogen (secondary N) is 1. The smallest absolute Gasteiger partial charge is 0.0492 e. The summed E-state index contributed by atoms with van der Waals surface area (Å²) in [5.74, 6) is 0. The second kappa shape index (κ2) is 4.79. The lowest BCUT2D eigenvalue weighted by Gasteiger charge is -2.24. The van der Waals surface area contributed by atoms with E-state index in [0.717, 1.165) is 6.42 Å². The van der Waals surface area contributed by atoms with Crippen LogP contribution in [0, 0.1) is 0 Å². The summed E-state index contributed by atoms with van der Waals surface area (Å²) in [6, 6.07) is 3.28. The molecular formula is C12H21N3. The maximum Gasteiger partial charge on any atom is 0.0492 e. The van der Waals surface area contributed by atoms with Gasteiger partial charge in [-0.2, -0.15) is 5.10 Å². The molecule has 1 aromatic rings. The molecule has 15 heavy (non-hydrogen) atoms. The van der Waals surface area contributed by atoms with Crippen LogP contribution < -0.4 is 5.32 Å². The number of piperidine rings is 1. The highest BCUT2D eigenvalue weighted by Crippen LogP contribution is 2.15. The van der Waals surface area contributed by atoms with Gasteiger partial charge in [-0.05, 0) is 39.3 Å². The van der Waals surface area contributed by atoms with Crippen molar-refractivity contribution in [2.75, 3.05) is 6.54 Å². The molecule has 1 N–H and O–H groups in total. The molecule has 3 heteroatoms. The van der Waals surface area contributed by atoms with Crippen LogP contribution >= 0.6 is 0 Å². The van der Waals surface area contributed by atoms with E-state index < -0.39 is 0 Å². The number of rotatable bonds is 3. The number of aromatic nitrogens is 2. The number of hydrogen-bond donors (Lipinski definition) is 1. The molecule has 0 spiro atoms. The molecular weight excluding hydrogens is 186 g/mol. The average molecular weight is 207 g/mol. The van der Waals surface area contributed by atoms with Gasteiger partial charge in [-0.3, -0.25) is 4.68 Å². The van der Waals surface area contributed by atoms with Gasteiger partial charge >= 0.3 is 0 Å². The van der Waals surface area contributed by atoms with Crippen LogP contribution in [-0.2, 0) is 6.42 Å². The van der Waals surface area contributed by atoms with E-state index in [0.29, 0.717) is 12.1 Å². The molecule has 0 saturated carbocycles. The maximum atomic E-state index is 4.37. The molecule has 0 bridgehead atoms. The Morgan fingerprint density at radius 1 is 1.53 bits per heavy atom. The van der Waals surface area contributed by atoms with Gasteiger partial charge in [-0.1, -0.05) is 6.42 Å². The van der Waals surface area contributed by atoms with Gasteiger partial charge in [0.25, 0.3) is 0 Å². The van der Waals surface area contributed by atoms with E-state index in [2.05, 4.69) is 35.0 Å². The van der Waals surface area contributed by atoms with Gasteiger partial charge in [-0.25, -0.2) is 0 Å². The van der Waals surface area contributed by atoms with Crippen molar-refractivity contribution in [1.29, 1.82) is 0 Å². The van der Waals surface area contributed by atoms with Crippen LogP contribution in [0.4, 0.5) is 0 Å². The van der Waals surface area contributed by atoms with Crippen molar-refractivity contribution in [1.82, 2.24) is 15.1 Å². The monoisotopic (exact) mass is 207 g/mol. The zero-order valence-corrected chi connectivity index (χ0v) is 9.74. The normalized spacial score (nSPS) is 22.2. The molecule has 2 heterocycles. The largest absolute Gasteiger partial charge is 0.314 e. The maximum absolute atomic E-state index is 4.37. The Balaban J connectivity index is 1.99. The van der Waals surface area contributed by atoms with E-state index >= 15 is 0 Å². The highest BCUT2D eigenvalue weighted by molar-refractivity contribution is 5.04. The number of hydrogen-bond acceptors (Lipinski definition) is 2. The van der Waals surface area contributed by atoms with Crippen LogP contribution in [0.5, 0.6) is 0 Å². The van der Waals surface area contributed by atoms with Gasteiger partial charge in [0.05, 0.1) is 0 Å². The van der Waals surface area contributed by atoms with Gasteiger partial charge in [0, 0.05) is 30.4 Å². The standard InChI is InChI=1S/C12H21N3/c1-10(2)15-12(6-8-14-15)9-11-5-3-4-7-13-11/h6,8,10-11,13H,3-5,7,9H2,1-2H3. The zero-order chi connectivity index (χ0) is 10.7. The Bertz CT molecular complexity index is 298. The van der Waals surface area contributed by atoms with E-state index in [1.807, 2.05) is 6.20 Å². The first kappa shape index (κ1) is 10.7. The van der Waals surface area contributed by atoms with Crippen molar-refractivity contribution in [2.24, 2.45) is 0 Å². The lowest BCUT2D eigenvalue weighted by molar-refractivity contribution is 0.385. The fourth-order valence-corrected chi connectivity index (χ4v) is 2.32. The Hall–Kier alpha value is -0.830. The molecule has 3 nitrogen and oxygen atoms in total. The summed E-state index contributed by atoms with van der Waals surface area (Å²) < 4.78 is 2.14.